The lowest BCUT2D eigenvalue weighted by atomic mass is 10.1. The van der Waals surface area contributed by atoms with Crippen LogP contribution in [0.15, 0.2) is 35.1 Å². The van der Waals surface area contributed by atoms with Gasteiger partial charge in [-0.15, -0.1) is 0 Å². The molecule has 0 fully saturated rings. The number of rotatable bonds is 2. The van der Waals surface area contributed by atoms with Gasteiger partial charge in [0.05, 0.1) is 0 Å². The van der Waals surface area contributed by atoms with Crippen LogP contribution in [-0.2, 0) is 0 Å². The fraction of sp³-hybridized carbons (Fsp3) is 0.143. The van der Waals surface area contributed by atoms with Crippen molar-refractivity contribution in [3.63, 3.8) is 0 Å². The van der Waals surface area contributed by atoms with Gasteiger partial charge in [0.15, 0.2) is 5.82 Å². The lowest BCUT2D eigenvalue weighted by molar-refractivity contribution is 0.102. The number of hydrogen-bond donors (Lipinski definition) is 2. The van der Waals surface area contributed by atoms with Crippen molar-refractivity contribution in [3.8, 4) is 0 Å². The molecule has 0 atom stereocenters. The molecular weight excluding hydrogens is 242 g/mol. The molecule has 3 rings (SSSR count). The van der Waals surface area contributed by atoms with E-state index in [0.717, 1.165) is 22.2 Å². The molecule has 1 amide bonds. The smallest absolute Gasteiger partial charge is 0.256 e. The Hall–Kier alpha value is -2.56. The number of carbonyl (C=O) groups excluding carboxylic acids is 1. The summed E-state index contributed by atoms with van der Waals surface area (Å²) in [7, 11) is 0. The van der Waals surface area contributed by atoms with E-state index in [1.165, 1.54) is 6.26 Å². The van der Waals surface area contributed by atoms with Gasteiger partial charge >= 0.3 is 0 Å². The summed E-state index contributed by atoms with van der Waals surface area (Å²) in [5.41, 5.74) is 3.90. The molecule has 0 unspecified atom stereocenters. The summed E-state index contributed by atoms with van der Waals surface area (Å²) in [6.07, 6.45) is 1.42. The van der Waals surface area contributed by atoms with Crippen LogP contribution in [0.25, 0.3) is 10.9 Å². The van der Waals surface area contributed by atoms with Crippen LogP contribution >= 0.6 is 0 Å². The first-order chi connectivity index (χ1) is 9.15. The fourth-order valence-corrected chi connectivity index (χ4v) is 2.07. The molecule has 2 heterocycles. The number of carbonyl (C=O) groups is 1. The molecule has 0 saturated carbocycles. The summed E-state index contributed by atoms with van der Waals surface area (Å²) in [5.74, 6) is 0.209. The van der Waals surface area contributed by atoms with Crippen molar-refractivity contribution in [2.45, 2.75) is 13.8 Å². The SMILES string of the molecule is Cc1[nH]c2ccc(C(=O)Nc3ccon3)cc2c1C. The van der Waals surface area contributed by atoms with E-state index < -0.39 is 0 Å². The van der Waals surface area contributed by atoms with Crippen LogP contribution in [0.3, 0.4) is 0 Å². The molecule has 5 heteroatoms. The highest BCUT2D eigenvalue weighted by Gasteiger charge is 2.11. The number of hydrogen-bond acceptors (Lipinski definition) is 3. The third kappa shape index (κ3) is 1.99. The molecule has 0 aliphatic heterocycles. The monoisotopic (exact) mass is 255 g/mol. The first kappa shape index (κ1) is 11.5. The quantitative estimate of drug-likeness (QED) is 0.739. The van der Waals surface area contributed by atoms with Crippen LogP contribution in [0.1, 0.15) is 21.6 Å². The maximum Gasteiger partial charge on any atom is 0.256 e. The van der Waals surface area contributed by atoms with E-state index in [1.54, 1.807) is 12.1 Å². The summed E-state index contributed by atoms with van der Waals surface area (Å²) in [6, 6.07) is 7.17. The Morgan fingerprint density at radius 2 is 2.16 bits per heavy atom. The van der Waals surface area contributed by atoms with Gasteiger partial charge in [0.2, 0.25) is 0 Å². The number of aromatic nitrogens is 2. The van der Waals surface area contributed by atoms with Gasteiger partial charge in [0, 0.05) is 28.2 Å². The number of amides is 1. The number of nitrogens with zero attached hydrogens (tertiary/aromatic N) is 1. The maximum atomic E-state index is 12.1. The van der Waals surface area contributed by atoms with E-state index in [0.29, 0.717) is 11.4 Å². The molecule has 0 aliphatic rings. The number of benzene rings is 1. The molecule has 0 spiro atoms. The molecular formula is C14H13N3O2. The molecule has 96 valence electrons. The van der Waals surface area contributed by atoms with Gasteiger partial charge in [-0.3, -0.25) is 4.79 Å². The summed E-state index contributed by atoms with van der Waals surface area (Å²) in [6.45, 7) is 4.05. The Labute approximate surface area is 109 Å². The third-order valence-electron chi connectivity index (χ3n) is 3.25. The normalized spacial score (nSPS) is 10.8. The predicted octanol–water partition coefficient (Wildman–Crippen LogP) is 3.03. The molecule has 5 nitrogen and oxygen atoms in total. The molecule has 2 N–H and O–H groups in total. The standard InChI is InChI=1S/C14H13N3O2/c1-8-9(2)15-12-4-3-10(7-11(8)12)14(18)16-13-5-6-19-17-13/h3-7,15H,1-2H3,(H,16,17,18). The van der Waals surface area contributed by atoms with E-state index in [2.05, 4.69) is 20.0 Å². The van der Waals surface area contributed by atoms with Crippen LogP contribution in [0.5, 0.6) is 0 Å². The van der Waals surface area contributed by atoms with Crippen molar-refractivity contribution in [2.24, 2.45) is 0 Å². The summed E-state index contributed by atoms with van der Waals surface area (Å²) in [4.78, 5) is 15.4. The summed E-state index contributed by atoms with van der Waals surface area (Å²) < 4.78 is 4.67. The summed E-state index contributed by atoms with van der Waals surface area (Å²) >= 11 is 0. The van der Waals surface area contributed by atoms with Crippen LogP contribution < -0.4 is 5.32 Å². The zero-order valence-corrected chi connectivity index (χ0v) is 10.7. The zero-order valence-electron chi connectivity index (χ0n) is 10.7. The second kappa shape index (κ2) is 4.28. The molecule has 0 radical (unpaired) electrons. The van der Waals surface area contributed by atoms with E-state index >= 15 is 0 Å². The van der Waals surface area contributed by atoms with Crippen molar-refractivity contribution in [1.82, 2.24) is 10.1 Å². The molecule has 1 aromatic carbocycles. The first-order valence-electron chi connectivity index (χ1n) is 5.96. The molecule has 2 aromatic heterocycles. The molecule has 0 bridgehead atoms. The highest BCUT2D eigenvalue weighted by molar-refractivity contribution is 6.06. The Morgan fingerprint density at radius 3 is 2.89 bits per heavy atom. The summed E-state index contributed by atoms with van der Waals surface area (Å²) in [5, 5.41) is 7.39. The average Bonchev–Trinajstić information content (AvgIpc) is 2.99. The topological polar surface area (TPSA) is 70.9 Å². The average molecular weight is 255 g/mol. The second-order valence-electron chi connectivity index (χ2n) is 4.47. The van der Waals surface area contributed by atoms with E-state index in [-0.39, 0.29) is 5.91 Å². The Kier molecular flexibility index (Phi) is 2.59. The van der Waals surface area contributed by atoms with Crippen molar-refractivity contribution in [1.29, 1.82) is 0 Å². The van der Waals surface area contributed by atoms with Gasteiger partial charge < -0.3 is 14.8 Å². The fourth-order valence-electron chi connectivity index (χ4n) is 2.07. The van der Waals surface area contributed by atoms with Gasteiger partial charge in [-0.1, -0.05) is 5.16 Å². The second-order valence-corrected chi connectivity index (χ2v) is 4.47. The van der Waals surface area contributed by atoms with Crippen LogP contribution in [0.4, 0.5) is 5.82 Å². The van der Waals surface area contributed by atoms with Crippen molar-refractivity contribution < 1.29 is 9.32 Å². The minimum Gasteiger partial charge on any atom is -0.363 e. The predicted molar refractivity (Wildman–Crippen MR) is 72.2 cm³/mol. The number of aromatic amines is 1. The van der Waals surface area contributed by atoms with Crippen molar-refractivity contribution in [2.75, 3.05) is 5.32 Å². The highest BCUT2D eigenvalue weighted by atomic mass is 16.5. The van der Waals surface area contributed by atoms with Gasteiger partial charge in [0.1, 0.15) is 6.26 Å². The lowest BCUT2D eigenvalue weighted by Crippen LogP contribution is -2.11. The van der Waals surface area contributed by atoms with Gasteiger partial charge in [-0.25, -0.2) is 0 Å². The Bertz CT molecular complexity index is 741. The van der Waals surface area contributed by atoms with Gasteiger partial charge in [-0.05, 0) is 37.6 Å². The first-order valence-corrected chi connectivity index (χ1v) is 5.96. The Morgan fingerprint density at radius 1 is 1.32 bits per heavy atom. The van der Waals surface area contributed by atoms with E-state index in [1.807, 2.05) is 26.0 Å². The molecule has 0 saturated heterocycles. The number of anilines is 1. The largest absolute Gasteiger partial charge is 0.363 e. The van der Waals surface area contributed by atoms with Crippen LogP contribution in [0, 0.1) is 13.8 Å². The van der Waals surface area contributed by atoms with E-state index in [9.17, 15) is 4.79 Å². The molecule has 0 aliphatic carbocycles. The number of aryl methyl sites for hydroxylation is 2. The Balaban J connectivity index is 1.96. The van der Waals surface area contributed by atoms with Crippen molar-refractivity contribution >= 4 is 22.6 Å². The minimum absolute atomic E-state index is 0.200. The van der Waals surface area contributed by atoms with Crippen LogP contribution in [-0.4, -0.2) is 16.0 Å². The molecule has 3 aromatic rings. The lowest BCUT2D eigenvalue weighted by Gasteiger charge is -2.02. The third-order valence-corrected chi connectivity index (χ3v) is 3.25. The van der Waals surface area contributed by atoms with Crippen molar-refractivity contribution in [3.05, 3.63) is 47.3 Å². The number of nitrogens with one attached hydrogen (secondary N) is 2. The van der Waals surface area contributed by atoms with Crippen LogP contribution in [0.2, 0.25) is 0 Å². The number of H-pyrrole nitrogens is 1. The highest BCUT2D eigenvalue weighted by Crippen LogP contribution is 2.22. The van der Waals surface area contributed by atoms with Gasteiger partial charge in [-0.2, -0.15) is 0 Å². The van der Waals surface area contributed by atoms with Gasteiger partial charge in [0.25, 0.3) is 5.91 Å². The number of fused-ring (bicyclic) bond motifs is 1. The maximum absolute atomic E-state index is 12.1. The van der Waals surface area contributed by atoms with E-state index in [4.69, 9.17) is 0 Å². The zero-order chi connectivity index (χ0) is 13.4. The molecule has 19 heavy (non-hydrogen) atoms. The minimum atomic E-state index is -0.200.